The minimum atomic E-state index is -0.519. The number of thioether (sulfide) groups is 1. The first kappa shape index (κ1) is 14.3. The fourth-order valence-corrected chi connectivity index (χ4v) is 2.19. The minimum Gasteiger partial charge on any atom is -0.462 e. The number of anilines is 1. The van der Waals surface area contributed by atoms with Gasteiger partial charge in [0.2, 0.25) is 0 Å². The van der Waals surface area contributed by atoms with Crippen molar-refractivity contribution in [1.29, 1.82) is 0 Å². The number of rotatable bonds is 5. The molecule has 0 atom stereocenters. The van der Waals surface area contributed by atoms with Crippen LogP contribution in [0.3, 0.4) is 0 Å². The fraction of sp³-hybridized carbons (Fsp3) is 0.364. The van der Waals surface area contributed by atoms with Crippen molar-refractivity contribution in [3.63, 3.8) is 0 Å². The maximum absolute atomic E-state index is 11.6. The Kier molecular flexibility index (Phi) is 4.51. The van der Waals surface area contributed by atoms with Crippen LogP contribution in [0, 0.1) is 0 Å². The average Bonchev–Trinajstić information content (AvgIpc) is 2.82. The van der Waals surface area contributed by atoms with Gasteiger partial charge in [0.05, 0.1) is 12.4 Å². The van der Waals surface area contributed by atoms with E-state index in [1.54, 1.807) is 13.3 Å². The summed E-state index contributed by atoms with van der Waals surface area (Å²) in [5, 5.41) is 8.21. The molecular formula is C11H14N6O2S. The first-order valence-corrected chi connectivity index (χ1v) is 6.85. The summed E-state index contributed by atoms with van der Waals surface area (Å²) in [6.07, 6.45) is 2.99. The normalized spacial score (nSPS) is 10.5. The number of carbonyl (C=O) groups excluding carboxylic acids is 1. The lowest BCUT2D eigenvalue weighted by atomic mass is 10.3. The first-order chi connectivity index (χ1) is 9.61. The second-order valence-electron chi connectivity index (χ2n) is 3.82. The lowest BCUT2D eigenvalue weighted by Crippen LogP contribution is -2.10. The predicted octanol–water partition coefficient (Wildman–Crippen LogP) is 0.656. The number of carbonyl (C=O) groups is 1. The molecule has 106 valence electrons. The van der Waals surface area contributed by atoms with Gasteiger partial charge in [-0.2, -0.15) is 0 Å². The summed E-state index contributed by atoms with van der Waals surface area (Å²) >= 11 is 1.36. The van der Waals surface area contributed by atoms with E-state index in [4.69, 9.17) is 10.5 Å². The second kappa shape index (κ2) is 6.33. The Hall–Kier alpha value is -2.16. The largest absolute Gasteiger partial charge is 0.462 e. The highest BCUT2D eigenvalue weighted by Crippen LogP contribution is 2.20. The van der Waals surface area contributed by atoms with Crippen LogP contribution >= 0.6 is 11.8 Å². The maximum atomic E-state index is 11.6. The standard InChI is InChI=1S/C11H14N6O2S/c1-3-19-10(18)7-4-13-11(15-9(7)12)20-5-8-16-14-6-17(8)2/h4,6H,3,5H2,1-2H3,(H2,12,13,15). The first-order valence-electron chi connectivity index (χ1n) is 5.87. The molecule has 0 spiro atoms. The Morgan fingerprint density at radius 2 is 2.35 bits per heavy atom. The van der Waals surface area contributed by atoms with E-state index in [1.165, 1.54) is 18.0 Å². The third-order valence-corrected chi connectivity index (χ3v) is 3.28. The van der Waals surface area contributed by atoms with Crippen LogP contribution in [0.25, 0.3) is 0 Å². The topological polar surface area (TPSA) is 109 Å². The molecule has 0 aromatic carbocycles. The van der Waals surface area contributed by atoms with Gasteiger partial charge in [0, 0.05) is 13.2 Å². The number of esters is 1. The molecule has 8 nitrogen and oxygen atoms in total. The predicted molar refractivity (Wildman–Crippen MR) is 73.0 cm³/mol. The van der Waals surface area contributed by atoms with E-state index in [9.17, 15) is 4.79 Å². The van der Waals surface area contributed by atoms with E-state index in [2.05, 4.69) is 20.2 Å². The Balaban J connectivity index is 2.05. The van der Waals surface area contributed by atoms with Gasteiger partial charge in [0.1, 0.15) is 23.5 Å². The van der Waals surface area contributed by atoms with Crippen molar-refractivity contribution >= 4 is 23.5 Å². The lowest BCUT2D eigenvalue weighted by Gasteiger charge is -2.05. The van der Waals surface area contributed by atoms with Crippen molar-refractivity contribution in [3.8, 4) is 0 Å². The summed E-state index contributed by atoms with van der Waals surface area (Å²) in [5.41, 5.74) is 5.91. The van der Waals surface area contributed by atoms with Crippen LogP contribution < -0.4 is 5.73 Å². The number of nitrogens with zero attached hydrogens (tertiary/aromatic N) is 5. The molecule has 2 N–H and O–H groups in total. The number of aromatic nitrogens is 5. The van der Waals surface area contributed by atoms with Crippen molar-refractivity contribution in [2.45, 2.75) is 17.8 Å². The molecule has 2 aromatic heterocycles. The van der Waals surface area contributed by atoms with Crippen LogP contribution in [-0.2, 0) is 17.5 Å². The zero-order valence-electron chi connectivity index (χ0n) is 11.1. The number of ether oxygens (including phenoxy) is 1. The maximum Gasteiger partial charge on any atom is 0.343 e. The highest BCUT2D eigenvalue weighted by molar-refractivity contribution is 7.98. The molecule has 0 amide bonds. The Labute approximate surface area is 119 Å². The molecule has 0 unspecified atom stereocenters. The number of hydrogen-bond acceptors (Lipinski definition) is 8. The Morgan fingerprint density at radius 3 is 2.95 bits per heavy atom. The zero-order valence-corrected chi connectivity index (χ0v) is 11.9. The Bertz CT molecular complexity index is 615. The molecule has 2 heterocycles. The Morgan fingerprint density at radius 1 is 1.55 bits per heavy atom. The fourth-order valence-electron chi connectivity index (χ4n) is 1.38. The summed E-state index contributed by atoms with van der Waals surface area (Å²) < 4.78 is 6.66. The summed E-state index contributed by atoms with van der Waals surface area (Å²) in [5.74, 6) is 0.953. The summed E-state index contributed by atoms with van der Waals surface area (Å²) in [4.78, 5) is 19.7. The molecule has 0 aliphatic carbocycles. The molecule has 2 aromatic rings. The highest BCUT2D eigenvalue weighted by Gasteiger charge is 2.14. The van der Waals surface area contributed by atoms with E-state index in [1.807, 2.05) is 11.6 Å². The van der Waals surface area contributed by atoms with Crippen LogP contribution in [0.1, 0.15) is 23.1 Å². The molecule has 0 radical (unpaired) electrons. The van der Waals surface area contributed by atoms with Gasteiger partial charge in [-0.1, -0.05) is 11.8 Å². The van der Waals surface area contributed by atoms with E-state index < -0.39 is 5.97 Å². The number of aryl methyl sites for hydroxylation is 1. The van der Waals surface area contributed by atoms with Crippen molar-refractivity contribution in [2.24, 2.45) is 7.05 Å². The lowest BCUT2D eigenvalue weighted by molar-refractivity contribution is 0.0526. The molecule has 0 aliphatic rings. The van der Waals surface area contributed by atoms with Gasteiger partial charge in [0.15, 0.2) is 5.16 Å². The van der Waals surface area contributed by atoms with Crippen molar-refractivity contribution < 1.29 is 9.53 Å². The average molecular weight is 294 g/mol. The molecule has 0 saturated carbocycles. The quantitative estimate of drug-likeness (QED) is 0.486. The van der Waals surface area contributed by atoms with Crippen molar-refractivity contribution in [3.05, 3.63) is 23.9 Å². The van der Waals surface area contributed by atoms with Crippen LogP contribution in [0.4, 0.5) is 5.82 Å². The van der Waals surface area contributed by atoms with Gasteiger partial charge in [-0.25, -0.2) is 14.8 Å². The number of hydrogen-bond donors (Lipinski definition) is 1. The zero-order chi connectivity index (χ0) is 14.5. The third-order valence-electron chi connectivity index (χ3n) is 2.43. The van der Waals surface area contributed by atoms with Gasteiger partial charge in [-0.3, -0.25) is 0 Å². The van der Waals surface area contributed by atoms with Crippen molar-refractivity contribution in [2.75, 3.05) is 12.3 Å². The van der Waals surface area contributed by atoms with E-state index in [0.717, 1.165) is 5.82 Å². The monoisotopic (exact) mass is 294 g/mol. The van der Waals surface area contributed by atoms with Crippen LogP contribution in [0.2, 0.25) is 0 Å². The van der Waals surface area contributed by atoms with E-state index >= 15 is 0 Å². The second-order valence-corrected chi connectivity index (χ2v) is 4.76. The summed E-state index contributed by atoms with van der Waals surface area (Å²) in [6, 6.07) is 0. The van der Waals surface area contributed by atoms with Crippen LogP contribution in [0.15, 0.2) is 17.7 Å². The van der Waals surface area contributed by atoms with Gasteiger partial charge in [-0.15, -0.1) is 10.2 Å². The summed E-state index contributed by atoms with van der Waals surface area (Å²) in [6.45, 7) is 2.00. The number of nitrogen functional groups attached to an aromatic ring is 1. The molecule has 0 fully saturated rings. The molecule has 2 rings (SSSR count). The molecular weight excluding hydrogens is 280 g/mol. The van der Waals surface area contributed by atoms with Crippen LogP contribution in [0.5, 0.6) is 0 Å². The van der Waals surface area contributed by atoms with Gasteiger partial charge < -0.3 is 15.0 Å². The van der Waals surface area contributed by atoms with Crippen LogP contribution in [-0.4, -0.2) is 37.3 Å². The number of nitrogens with two attached hydrogens (primary N) is 1. The minimum absolute atomic E-state index is 0.110. The molecule has 0 saturated heterocycles. The smallest absolute Gasteiger partial charge is 0.343 e. The molecule has 0 bridgehead atoms. The third kappa shape index (κ3) is 3.23. The van der Waals surface area contributed by atoms with Crippen molar-refractivity contribution in [1.82, 2.24) is 24.7 Å². The molecule has 20 heavy (non-hydrogen) atoms. The highest BCUT2D eigenvalue weighted by atomic mass is 32.2. The van der Waals surface area contributed by atoms with Gasteiger partial charge in [-0.05, 0) is 6.92 Å². The SMILES string of the molecule is CCOC(=O)c1cnc(SCc2nncn2C)nc1N. The van der Waals surface area contributed by atoms with E-state index in [0.29, 0.717) is 10.9 Å². The van der Waals surface area contributed by atoms with Gasteiger partial charge in [0.25, 0.3) is 0 Å². The van der Waals surface area contributed by atoms with Gasteiger partial charge >= 0.3 is 5.97 Å². The molecule has 9 heteroatoms. The van der Waals surface area contributed by atoms with E-state index in [-0.39, 0.29) is 18.0 Å². The molecule has 0 aliphatic heterocycles. The summed E-state index contributed by atoms with van der Waals surface area (Å²) in [7, 11) is 1.86.